The summed E-state index contributed by atoms with van der Waals surface area (Å²) in [6.07, 6.45) is 0.154. The number of benzene rings is 2. The van der Waals surface area contributed by atoms with Gasteiger partial charge in [-0.15, -0.1) is 0 Å². The van der Waals surface area contributed by atoms with Gasteiger partial charge in [-0.1, -0.05) is 48.5 Å². The number of fused-ring (bicyclic) bond motifs is 3. The molecule has 0 bridgehead atoms. The molecule has 0 fully saturated rings. The summed E-state index contributed by atoms with van der Waals surface area (Å²) in [4.78, 5) is 38.4. The maximum atomic E-state index is 12.5. The number of ether oxygens (including phenoxy) is 2. The van der Waals surface area contributed by atoms with E-state index in [1.54, 1.807) is 4.90 Å². The van der Waals surface area contributed by atoms with Gasteiger partial charge in [-0.05, 0) is 76.1 Å². The fourth-order valence-electron chi connectivity index (χ4n) is 4.55. The van der Waals surface area contributed by atoms with Crippen LogP contribution in [0.2, 0.25) is 0 Å². The van der Waals surface area contributed by atoms with Gasteiger partial charge in [-0.25, -0.2) is 14.4 Å². The highest BCUT2D eigenvalue weighted by atomic mass is 16.6. The van der Waals surface area contributed by atoms with Gasteiger partial charge in [0.1, 0.15) is 18.2 Å². The molecule has 0 spiro atoms. The lowest BCUT2D eigenvalue weighted by Gasteiger charge is -2.30. The Morgan fingerprint density at radius 3 is 2.05 bits per heavy atom. The van der Waals surface area contributed by atoms with Crippen LogP contribution in [0.3, 0.4) is 0 Å². The summed E-state index contributed by atoms with van der Waals surface area (Å²) in [5.74, 6) is -1.22. The van der Waals surface area contributed by atoms with E-state index in [0.717, 1.165) is 22.3 Å². The Hall–Kier alpha value is -3.55. The van der Waals surface area contributed by atoms with E-state index in [2.05, 4.69) is 17.4 Å². The number of hydrogen-bond acceptors (Lipinski definition) is 5. The van der Waals surface area contributed by atoms with E-state index in [9.17, 15) is 19.5 Å². The summed E-state index contributed by atoms with van der Waals surface area (Å²) < 4.78 is 11.0. The smallest absolute Gasteiger partial charge is 0.410 e. The Bertz CT molecular complexity index is 1060. The SMILES string of the molecule is CC(C)N(CCCC[C@@H](NC(=O)OCC1c2ccccc2-c2ccccc21)C(=O)O)C(=O)OC(C)(C)C. The lowest BCUT2D eigenvalue weighted by atomic mass is 9.98. The van der Waals surface area contributed by atoms with Gasteiger partial charge in [0.2, 0.25) is 0 Å². The molecule has 0 radical (unpaired) electrons. The molecule has 0 aliphatic heterocycles. The number of unbranched alkanes of at least 4 members (excludes halogenated alkanes) is 1. The van der Waals surface area contributed by atoms with E-state index in [1.807, 2.05) is 71.0 Å². The number of hydrogen-bond donors (Lipinski definition) is 2. The maximum Gasteiger partial charge on any atom is 0.410 e. The molecule has 0 aromatic heterocycles. The van der Waals surface area contributed by atoms with Crippen LogP contribution in [0.25, 0.3) is 11.1 Å². The number of aliphatic carboxylic acids is 1. The number of carbonyl (C=O) groups excluding carboxylic acids is 2. The first kappa shape index (κ1) is 28.0. The fourth-order valence-corrected chi connectivity index (χ4v) is 4.55. The van der Waals surface area contributed by atoms with Crippen LogP contribution in [0, 0.1) is 0 Å². The summed E-state index contributed by atoms with van der Waals surface area (Å²) in [5, 5.41) is 12.1. The van der Waals surface area contributed by atoms with Crippen molar-refractivity contribution in [3.8, 4) is 11.1 Å². The van der Waals surface area contributed by atoms with Gasteiger partial charge >= 0.3 is 18.2 Å². The van der Waals surface area contributed by atoms with Crippen LogP contribution in [0.1, 0.15) is 70.9 Å². The zero-order valence-electron chi connectivity index (χ0n) is 22.3. The van der Waals surface area contributed by atoms with Crippen molar-refractivity contribution in [1.29, 1.82) is 0 Å². The van der Waals surface area contributed by atoms with Gasteiger partial charge in [0.15, 0.2) is 0 Å². The molecule has 2 N–H and O–H groups in total. The number of nitrogens with zero attached hydrogens (tertiary/aromatic N) is 1. The number of carboxylic acids is 1. The van der Waals surface area contributed by atoms with Crippen LogP contribution in [0.4, 0.5) is 9.59 Å². The molecule has 8 heteroatoms. The number of nitrogens with one attached hydrogen (secondary N) is 1. The zero-order chi connectivity index (χ0) is 27.2. The van der Waals surface area contributed by atoms with Crippen molar-refractivity contribution < 1.29 is 29.0 Å². The summed E-state index contributed by atoms with van der Waals surface area (Å²) in [6, 6.07) is 14.9. The Morgan fingerprint density at radius 1 is 0.973 bits per heavy atom. The van der Waals surface area contributed by atoms with Crippen LogP contribution in [0.15, 0.2) is 48.5 Å². The van der Waals surface area contributed by atoms with Crippen molar-refractivity contribution in [2.75, 3.05) is 13.2 Å². The molecule has 1 atom stereocenters. The third-order valence-electron chi connectivity index (χ3n) is 6.33. The molecule has 8 nitrogen and oxygen atoms in total. The van der Waals surface area contributed by atoms with E-state index in [1.165, 1.54) is 0 Å². The molecule has 37 heavy (non-hydrogen) atoms. The zero-order valence-corrected chi connectivity index (χ0v) is 22.3. The van der Waals surface area contributed by atoms with Gasteiger partial charge in [0.25, 0.3) is 0 Å². The second kappa shape index (κ2) is 12.1. The van der Waals surface area contributed by atoms with Crippen LogP contribution < -0.4 is 5.32 Å². The first-order valence-electron chi connectivity index (χ1n) is 12.8. The van der Waals surface area contributed by atoms with Gasteiger partial charge in [-0.2, -0.15) is 0 Å². The molecule has 2 amide bonds. The lowest BCUT2D eigenvalue weighted by molar-refractivity contribution is -0.139. The van der Waals surface area contributed by atoms with E-state index in [0.29, 0.717) is 19.4 Å². The predicted octanol–water partition coefficient (Wildman–Crippen LogP) is 5.79. The van der Waals surface area contributed by atoms with E-state index >= 15 is 0 Å². The number of alkyl carbamates (subject to hydrolysis) is 1. The van der Waals surface area contributed by atoms with Crippen LogP contribution in [-0.2, 0) is 14.3 Å². The topological polar surface area (TPSA) is 105 Å². The highest BCUT2D eigenvalue weighted by Gasteiger charge is 2.30. The fraction of sp³-hybridized carbons (Fsp3) is 0.483. The largest absolute Gasteiger partial charge is 0.480 e. The first-order valence-corrected chi connectivity index (χ1v) is 12.8. The van der Waals surface area contributed by atoms with E-state index in [-0.39, 0.29) is 25.0 Å². The third-order valence-corrected chi connectivity index (χ3v) is 6.33. The van der Waals surface area contributed by atoms with Crippen LogP contribution >= 0.6 is 0 Å². The molecule has 3 rings (SSSR count). The summed E-state index contributed by atoms with van der Waals surface area (Å²) in [6.45, 7) is 9.81. The summed E-state index contributed by atoms with van der Waals surface area (Å²) in [7, 11) is 0. The van der Waals surface area contributed by atoms with Crippen molar-refractivity contribution in [2.24, 2.45) is 0 Å². The second-order valence-corrected chi connectivity index (χ2v) is 10.6. The Kier molecular flexibility index (Phi) is 9.18. The number of carbonyl (C=O) groups is 3. The van der Waals surface area contributed by atoms with Crippen molar-refractivity contribution in [2.45, 2.75) is 77.5 Å². The maximum absolute atomic E-state index is 12.5. The van der Waals surface area contributed by atoms with Crippen molar-refractivity contribution in [3.63, 3.8) is 0 Å². The molecular weight excluding hydrogens is 472 g/mol. The van der Waals surface area contributed by atoms with Crippen molar-refractivity contribution in [1.82, 2.24) is 10.2 Å². The summed E-state index contributed by atoms with van der Waals surface area (Å²) in [5.41, 5.74) is 3.83. The van der Waals surface area contributed by atoms with Crippen LogP contribution in [-0.4, -0.2) is 59.0 Å². The molecule has 1 aliphatic carbocycles. The lowest BCUT2D eigenvalue weighted by Crippen LogP contribution is -2.42. The molecule has 1 aliphatic rings. The molecule has 0 saturated carbocycles. The number of carboxylic acid groups (broad SMARTS) is 1. The van der Waals surface area contributed by atoms with Gasteiger partial charge in [0.05, 0.1) is 0 Å². The van der Waals surface area contributed by atoms with Crippen molar-refractivity contribution in [3.05, 3.63) is 59.7 Å². The Labute approximate surface area is 219 Å². The molecule has 0 saturated heterocycles. The van der Waals surface area contributed by atoms with E-state index in [4.69, 9.17) is 9.47 Å². The quantitative estimate of drug-likeness (QED) is 0.392. The molecule has 200 valence electrons. The standard InChI is InChI=1S/C29H38N2O6/c1-19(2)31(28(35)37-29(3,4)5)17-11-10-16-25(26(32)33)30-27(34)36-18-24-22-14-8-6-12-20(22)21-13-7-9-15-23(21)24/h6-9,12-15,19,24-25H,10-11,16-18H2,1-5H3,(H,30,34)(H,32,33)/t25-/m1/s1. The van der Waals surface area contributed by atoms with Gasteiger partial charge < -0.3 is 24.8 Å². The minimum absolute atomic E-state index is 0.0518. The Morgan fingerprint density at radius 2 is 1.54 bits per heavy atom. The number of rotatable bonds is 10. The normalized spacial score (nSPS) is 13.5. The highest BCUT2D eigenvalue weighted by Crippen LogP contribution is 2.44. The first-order chi connectivity index (χ1) is 17.5. The van der Waals surface area contributed by atoms with E-state index < -0.39 is 29.8 Å². The highest BCUT2D eigenvalue weighted by molar-refractivity contribution is 5.81. The molecule has 0 unspecified atom stereocenters. The average molecular weight is 511 g/mol. The van der Waals surface area contributed by atoms with Crippen molar-refractivity contribution >= 4 is 18.2 Å². The molecule has 0 heterocycles. The third kappa shape index (κ3) is 7.47. The molecule has 2 aromatic rings. The minimum Gasteiger partial charge on any atom is -0.480 e. The molecule has 2 aromatic carbocycles. The van der Waals surface area contributed by atoms with Gasteiger partial charge in [-0.3, -0.25) is 0 Å². The minimum atomic E-state index is -1.12. The monoisotopic (exact) mass is 510 g/mol. The Balaban J connectivity index is 1.50. The number of amides is 2. The predicted molar refractivity (Wildman–Crippen MR) is 142 cm³/mol. The second-order valence-electron chi connectivity index (χ2n) is 10.6. The average Bonchev–Trinajstić information content (AvgIpc) is 3.14. The molecular formula is C29H38N2O6. The van der Waals surface area contributed by atoms with Crippen LogP contribution in [0.5, 0.6) is 0 Å². The van der Waals surface area contributed by atoms with Gasteiger partial charge in [0, 0.05) is 18.5 Å². The summed E-state index contributed by atoms with van der Waals surface area (Å²) >= 11 is 0.